The molecule has 0 bridgehead atoms. The topological polar surface area (TPSA) is 75.7 Å². The molecule has 7 heteroatoms. The molecule has 2 aromatic rings. The quantitative estimate of drug-likeness (QED) is 0.824. The third-order valence-corrected chi connectivity index (χ3v) is 6.15. The molecular formula is C20H24N2O4S. The number of carbonyl (C=O) groups excluding carboxylic acids is 1. The third kappa shape index (κ3) is 4.48. The summed E-state index contributed by atoms with van der Waals surface area (Å²) in [5.74, 6) is 0.381. The zero-order valence-corrected chi connectivity index (χ0v) is 16.3. The van der Waals surface area contributed by atoms with Gasteiger partial charge in [-0.15, -0.1) is 0 Å². The van der Waals surface area contributed by atoms with Gasteiger partial charge in [0.1, 0.15) is 5.75 Å². The Morgan fingerprint density at radius 2 is 1.81 bits per heavy atom. The average Bonchev–Trinajstić information content (AvgIpc) is 2.67. The Balaban J connectivity index is 1.67. The predicted molar refractivity (Wildman–Crippen MR) is 103 cm³/mol. The zero-order chi connectivity index (χ0) is 19.4. The normalized spacial score (nSPS) is 15.1. The minimum Gasteiger partial charge on any atom is -0.494 e. The van der Waals surface area contributed by atoms with Gasteiger partial charge in [-0.1, -0.05) is 24.3 Å². The van der Waals surface area contributed by atoms with Gasteiger partial charge in [-0.05, 0) is 55.7 Å². The second-order valence-electron chi connectivity index (χ2n) is 6.53. The maximum atomic E-state index is 12.7. The van der Waals surface area contributed by atoms with Crippen molar-refractivity contribution >= 4 is 15.9 Å². The van der Waals surface area contributed by atoms with E-state index in [1.807, 2.05) is 25.1 Å². The molecule has 1 amide bonds. The number of carbonyl (C=O) groups is 1. The Kier molecular flexibility index (Phi) is 5.82. The van der Waals surface area contributed by atoms with Crippen LogP contribution in [0.3, 0.4) is 0 Å². The van der Waals surface area contributed by atoms with E-state index in [0.29, 0.717) is 25.4 Å². The van der Waals surface area contributed by atoms with Crippen molar-refractivity contribution in [1.82, 2.24) is 9.62 Å². The first-order valence-corrected chi connectivity index (χ1v) is 10.5. The fraction of sp³-hybridized carbons (Fsp3) is 0.350. The van der Waals surface area contributed by atoms with Crippen LogP contribution in [0.5, 0.6) is 5.75 Å². The van der Waals surface area contributed by atoms with E-state index >= 15 is 0 Å². The number of hydrogen-bond acceptors (Lipinski definition) is 4. The number of benzene rings is 2. The van der Waals surface area contributed by atoms with Gasteiger partial charge in [0.15, 0.2) is 0 Å². The van der Waals surface area contributed by atoms with Crippen LogP contribution in [0.25, 0.3) is 0 Å². The van der Waals surface area contributed by atoms with Gasteiger partial charge in [0.25, 0.3) is 0 Å². The summed E-state index contributed by atoms with van der Waals surface area (Å²) in [7, 11) is -3.79. The van der Waals surface area contributed by atoms with Crippen molar-refractivity contribution in [3.05, 3.63) is 59.7 Å². The highest BCUT2D eigenvalue weighted by molar-refractivity contribution is 7.89. The molecule has 0 saturated heterocycles. The molecular weight excluding hydrogens is 364 g/mol. The molecule has 0 spiro atoms. The van der Waals surface area contributed by atoms with E-state index in [9.17, 15) is 13.2 Å². The Hall–Kier alpha value is -2.38. The lowest BCUT2D eigenvalue weighted by Crippen LogP contribution is -2.48. The summed E-state index contributed by atoms with van der Waals surface area (Å²) in [6.45, 7) is 5.04. The number of nitrogens with zero attached hydrogens (tertiary/aromatic N) is 1. The van der Waals surface area contributed by atoms with E-state index in [4.69, 9.17) is 4.74 Å². The monoisotopic (exact) mass is 388 g/mol. The van der Waals surface area contributed by atoms with Gasteiger partial charge in [-0.25, -0.2) is 8.42 Å². The number of fused-ring (bicyclic) bond motifs is 1. The van der Waals surface area contributed by atoms with Gasteiger partial charge in [0.2, 0.25) is 15.9 Å². The highest BCUT2D eigenvalue weighted by Gasteiger charge is 2.28. The van der Waals surface area contributed by atoms with Crippen LogP contribution in [-0.2, 0) is 27.8 Å². The molecule has 0 saturated carbocycles. The van der Waals surface area contributed by atoms with Crippen molar-refractivity contribution in [2.45, 2.75) is 37.8 Å². The molecule has 1 atom stereocenters. The maximum Gasteiger partial charge on any atom is 0.241 e. The smallest absolute Gasteiger partial charge is 0.241 e. The molecule has 0 unspecified atom stereocenters. The van der Waals surface area contributed by atoms with Crippen LogP contribution in [0.2, 0.25) is 0 Å². The van der Waals surface area contributed by atoms with Gasteiger partial charge in [-0.3, -0.25) is 4.79 Å². The second-order valence-corrected chi connectivity index (χ2v) is 8.24. The first-order chi connectivity index (χ1) is 12.9. The van der Waals surface area contributed by atoms with E-state index in [1.54, 1.807) is 24.0 Å². The molecule has 0 fully saturated rings. The fourth-order valence-corrected chi connectivity index (χ4v) is 4.39. The summed E-state index contributed by atoms with van der Waals surface area (Å²) < 4.78 is 33.0. The molecule has 27 heavy (non-hydrogen) atoms. The summed E-state index contributed by atoms with van der Waals surface area (Å²) in [5.41, 5.74) is 2.35. The second kappa shape index (κ2) is 8.10. The fourth-order valence-electron chi connectivity index (χ4n) is 3.19. The number of sulfonamides is 1. The molecule has 1 heterocycles. The molecule has 1 aliphatic rings. The van der Waals surface area contributed by atoms with Gasteiger partial charge in [-0.2, -0.15) is 4.72 Å². The first-order valence-electron chi connectivity index (χ1n) is 9.01. The van der Waals surface area contributed by atoms with Crippen LogP contribution in [-0.4, -0.2) is 38.4 Å². The van der Waals surface area contributed by atoms with E-state index in [-0.39, 0.29) is 10.8 Å². The van der Waals surface area contributed by atoms with Gasteiger partial charge in [0.05, 0.1) is 17.5 Å². The summed E-state index contributed by atoms with van der Waals surface area (Å²) in [5, 5.41) is 0. The molecule has 6 nitrogen and oxygen atoms in total. The van der Waals surface area contributed by atoms with Crippen LogP contribution in [0, 0.1) is 0 Å². The average molecular weight is 388 g/mol. The number of nitrogens with one attached hydrogen (secondary N) is 1. The highest BCUT2D eigenvalue weighted by atomic mass is 32.2. The van der Waals surface area contributed by atoms with Crippen LogP contribution in [0.1, 0.15) is 25.0 Å². The summed E-state index contributed by atoms with van der Waals surface area (Å²) in [4.78, 5) is 14.5. The van der Waals surface area contributed by atoms with Crippen molar-refractivity contribution in [3.8, 4) is 5.75 Å². The lowest BCUT2D eigenvalue weighted by molar-refractivity contribution is -0.133. The maximum absolute atomic E-state index is 12.7. The highest BCUT2D eigenvalue weighted by Crippen LogP contribution is 2.20. The lowest BCUT2D eigenvalue weighted by Gasteiger charge is -2.31. The van der Waals surface area contributed by atoms with E-state index in [2.05, 4.69) is 10.8 Å². The Labute approximate surface area is 160 Å². The molecule has 2 aromatic carbocycles. The summed E-state index contributed by atoms with van der Waals surface area (Å²) in [6, 6.07) is 13.3. The van der Waals surface area contributed by atoms with Crippen molar-refractivity contribution in [1.29, 1.82) is 0 Å². The van der Waals surface area contributed by atoms with E-state index in [0.717, 1.165) is 12.0 Å². The van der Waals surface area contributed by atoms with Gasteiger partial charge >= 0.3 is 0 Å². The van der Waals surface area contributed by atoms with Crippen LogP contribution in [0.4, 0.5) is 0 Å². The van der Waals surface area contributed by atoms with Crippen molar-refractivity contribution < 1.29 is 17.9 Å². The number of ether oxygens (including phenoxy) is 1. The molecule has 1 aliphatic heterocycles. The van der Waals surface area contributed by atoms with E-state index in [1.165, 1.54) is 17.7 Å². The number of rotatable bonds is 6. The Morgan fingerprint density at radius 3 is 2.48 bits per heavy atom. The SMILES string of the molecule is CCOc1ccc(S(=O)(=O)N[C@@H](C)C(=O)N2CCc3ccccc3C2)cc1. The van der Waals surface area contributed by atoms with Crippen LogP contribution in [0.15, 0.2) is 53.4 Å². The van der Waals surface area contributed by atoms with Crippen molar-refractivity contribution in [3.63, 3.8) is 0 Å². The van der Waals surface area contributed by atoms with Crippen molar-refractivity contribution in [2.24, 2.45) is 0 Å². The Bertz CT molecular complexity index is 910. The number of amides is 1. The predicted octanol–water partition coefficient (Wildman–Crippen LogP) is 2.34. The van der Waals surface area contributed by atoms with Gasteiger partial charge < -0.3 is 9.64 Å². The zero-order valence-electron chi connectivity index (χ0n) is 15.5. The van der Waals surface area contributed by atoms with Crippen LogP contribution < -0.4 is 9.46 Å². The lowest BCUT2D eigenvalue weighted by atomic mass is 9.99. The Morgan fingerprint density at radius 1 is 1.15 bits per heavy atom. The summed E-state index contributed by atoms with van der Waals surface area (Å²) >= 11 is 0. The standard InChI is InChI=1S/C20H24N2O4S/c1-3-26-18-8-10-19(11-9-18)27(24,25)21-15(2)20(23)22-13-12-16-6-4-5-7-17(16)14-22/h4-11,15,21H,3,12-14H2,1-2H3/t15-/m0/s1. The minimum atomic E-state index is -3.79. The first kappa shape index (κ1) is 19.4. The number of hydrogen-bond donors (Lipinski definition) is 1. The minimum absolute atomic E-state index is 0.106. The summed E-state index contributed by atoms with van der Waals surface area (Å²) in [6.07, 6.45) is 0.778. The molecule has 0 radical (unpaired) electrons. The van der Waals surface area contributed by atoms with Crippen LogP contribution >= 0.6 is 0 Å². The molecule has 0 aliphatic carbocycles. The molecule has 3 rings (SSSR count). The van der Waals surface area contributed by atoms with Crippen molar-refractivity contribution in [2.75, 3.05) is 13.2 Å². The van der Waals surface area contributed by atoms with Gasteiger partial charge in [0, 0.05) is 13.1 Å². The van der Waals surface area contributed by atoms with E-state index < -0.39 is 16.1 Å². The largest absolute Gasteiger partial charge is 0.494 e. The molecule has 144 valence electrons. The third-order valence-electron chi connectivity index (χ3n) is 4.59. The molecule has 1 N–H and O–H groups in total. The molecule has 0 aromatic heterocycles.